The molecule has 0 aliphatic carbocycles. The van der Waals surface area contributed by atoms with Gasteiger partial charge in [0.05, 0.1) is 22.8 Å². The molecule has 0 atom stereocenters. The number of ether oxygens (including phenoxy) is 1. The van der Waals surface area contributed by atoms with Gasteiger partial charge < -0.3 is 4.74 Å². The number of nitriles is 1. The number of benzene rings is 1. The topological polar surface area (TPSA) is 74.5 Å². The van der Waals surface area contributed by atoms with Crippen molar-refractivity contribution in [2.75, 3.05) is 12.5 Å². The highest BCUT2D eigenvalue weighted by Gasteiger charge is 2.10. The minimum absolute atomic E-state index is 0.337. The summed E-state index contributed by atoms with van der Waals surface area (Å²) in [6.45, 7) is 0. The molecule has 17 heavy (non-hydrogen) atoms. The lowest BCUT2D eigenvalue weighted by Crippen LogP contribution is -2.15. The van der Waals surface area contributed by atoms with Gasteiger partial charge in [-0.3, -0.25) is 5.43 Å². The predicted molar refractivity (Wildman–Crippen MR) is 65.1 cm³/mol. The number of carbonyl (C=O) groups excluding carboxylic acids is 1. The second-order valence-electron chi connectivity index (χ2n) is 2.80. The number of nitrogens with one attached hydrogen (secondary N) is 1. The lowest BCUT2D eigenvalue weighted by atomic mass is 10.3. The van der Waals surface area contributed by atoms with Crippen LogP contribution in [0.4, 0.5) is 5.69 Å². The van der Waals surface area contributed by atoms with Gasteiger partial charge in [-0.25, -0.2) is 4.79 Å². The van der Waals surface area contributed by atoms with Crippen LogP contribution in [0.3, 0.4) is 0 Å². The molecule has 0 saturated carbocycles. The molecule has 1 rings (SSSR count). The van der Waals surface area contributed by atoms with E-state index in [-0.39, 0.29) is 0 Å². The van der Waals surface area contributed by atoms with E-state index in [2.05, 4.69) is 15.3 Å². The molecule has 0 spiro atoms. The van der Waals surface area contributed by atoms with Crippen molar-refractivity contribution in [3.8, 4) is 6.07 Å². The first-order valence-electron chi connectivity index (χ1n) is 4.35. The molecule has 0 amide bonds. The molecule has 0 heterocycles. The van der Waals surface area contributed by atoms with Crippen LogP contribution in [-0.2, 0) is 9.53 Å². The molecule has 0 aliphatic rings. The maximum absolute atomic E-state index is 11.0. The van der Waals surface area contributed by atoms with E-state index in [1.165, 1.54) is 6.07 Å². The number of anilines is 1. The summed E-state index contributed by atoms with van der Waals surface area (Å²) < 4.78 is 4.36. The van der Waals surface area contributed by atoms with Crippen molar-refractivity contribution in [3.05, 3.63) is 28.2 Å². The maximum atomic E-state index is 11.0. The summed E-state index contributed by atoms with van der Waals surface area (Å²) in [6, 6.07) is 6.28. The van der Waals surface area contributed by atoms with Crippen LogP contribution in [0, 0.1) is 11.3 Å². The molecule has 1 aromatic rings. The molecule has 0 saturated heterocycles. The third-order valence-electron chi connectivity index (χ3n) is 1.70. The summed E-state index contributed by atoms with van der Waals surface area (Å²) in [5, 5.41) is 13.0. The summed E-state index contributed by atoms with van der Waals surface area (Å²) in [4.78, 5) is 11.0. The van der Waals surface area contributed by atoms with Crippen LogP contribution in [0.15, 0.2) is 23.3 Å². The van der Waals surface area contributed by atoms with Crippen molar-refractivity contribution in [1.82, 2.24) is 0 Å². The highest BCUT2D eigenvalue weighted by atomic mass is 35.5. The van der Waals surface area contributed by atoms with E-state index in [1.54, 1.807) is 18.2 Å². The summed E-state index contributed by atoms with van der Waals surface area (Å²) in [7, 11) is 1.16. The number of halogens is 2. The molecule has 88 valence electrons. The monoisotopic (exact) mass is 271 g/mol. The number of rotatable bonds is 3. The Morgan fingerprint density at radius 2 is 2.18 bits per heavy atom. The zero-order valence-corrected chi connectivity index (χ0v) is 10.2. The fourth-order valence-electron chi connectivity index (χ4n) is 0.899. The van der Waals surface area contributed by atoms with Crippen molar-refractivity contribution >= 4 is 40.6 Å². The second-order valence-corrected chi connectivity index (χ2v) is 3.62. The molecule has 0 aliphatic heterocycles. The van der Waals surface area contributed by atoms with Gasteiger partial charge in [0.15, 0.2) is 0 Å². The third-order valence-corrected chi connectivity index (χ3v) is 2.44. The fourth-order valence-corrected chi connectivity index (χ4v) is 1.20. The number of hydrogen-bond acceptors (Lipinski definition) is 5. The first-order chi connectivity index (χ1) is 8.08. The Hall–Kier alpha value is -1.77. The van der Waals surface area contributed by atoms with E-state index in [9.17, 15) is 4.79 Å². The lowest BCUT2D eigenvalue weighted by Gasteiger charge is -2.02. The zero-order valence-electron chi connectivity index (χ0n) is 8.70. The second kappa shape index (κ2) is 6.09. The van der Waals surface area contributed by atoms with Gasteiger partial charge in [-0.05, 0) is 18.2 Å². The summed E-state index contributed by atoms with van der Waals surface area (Å²) in [5.74, 6) is -0.819. The molecule has 0 fully saturated rings. The number of esters is 1. The van der Waals surface area contributed by atoms with Gasteiger partial charge in [0.25, 0.3) is 0 Å². The Bertz CT molecular complexity index is 509. The first-order valence-corrected chi connectivity index (χ1v) is 5.11. The van der Waals surface area contributed by atoms with E-state index in [4.69, 9.17) is 28.5 Å². The standard InChI is InChI=1S/C10H7Cl2N3O2/c1-17-10(16)9(5-13)15-14-6-2-3-7(11)8(12)4-6/h2-4,14H,1H3/b15-9+. The zero-order chi connectivity index (χ0) is 12.8. The summed E-state index contributed by atoms with van der Waals surface area (Å²) in [5.41, 5.74) is 2.61. The minimum atomic E-state index is -0.819. The van der Waals surface area contributed by atoms with Crippen LogP contribution >= 0.6 is 23.2 Å². The number of hydrogen-bond donors (Lipinski definition) is 1. The Kier molecular flexibility index (Phi) is 4.76. The Labute approximate surface area is 108 Å². The molecule has 1 N–H and O–H groups in total. The van der Waals surface area contributed by atoms with Crippen LogP contribution in [0.5, 0.6) is 0 Å². The van der Waals surface area contributed by atoms with Gasteiger partial charge >= 0.3 is 5.97 Å². The molecule has 0 aromatic heterocycles. The minimum Gasteiger partial charge on any atom is -0.464 e. The molecule has 0 radical (unpaired) electrons. The Morgan fingerprint density at radius 1 is 1.47 bits per heavy atom. The van der Waals surface area contributed by atoms with Gasteiger partial charge in [-0.15, -0.1) is 0 Å². The van der Waals surface area contributed by atoms with E-state index in [0.717, 1.165) is 7.11 Å². The van der Waals surface area contributed by atoms with Crippen molar-refractivity contribution in [1.29, 1.82) is 5.26 Å². The molecular formula is C10H7Cl2N3O2. The number of hydrazone groups is 1. The number of carbonyl (C=O) groups is 1. The molecule has 1 aromatic carbocycles. The average Bonchev–Trinajstić information content (AvgIpc) is 2.33. The van der Waals surface area contributed by atoms with E-state index in [0.29, 0.717) is 15.7 Å². The highest BCUT2D eigenvalue weighted by Crippen LogP contribution is 2.24. The molecule has 0 unspecified atom stereocenters. The van der Waals surface area contributed by atoms with Crippen LogP contribution in [0.2, 0.25) is 10.0 Å². The normalized spacial score (nSPS) is 10.6. The van der Waals surface area contributed by atoms with E-state index >= 15 is 0 Å². The van der Waals surface area contributed by atoms with Gasteiger partial charge in [0, 0.05) is 0 Å². The predicted octanol–water partition coefficient (Wildman–Crippen LogP) is 2.46. The van der Waals surface area contributed by atoms with Gasteiger partial charge in [-0.1, -0.05) is 23.2 Å². The van der Waals surface area contributed by atoms with Crippen molar-refractivity contribution in [3.63, 3.8) is 0 Å². The Morgan fingerprint density at radius 3 is 2.71 bits per heavy atom. The van der Waals surface area contributed by atoms with Crippen molar-refractivity contribution in [2.24, 2.45) is 5.10 Å². The molecule has 5 nitrogen and oxygen atoms in total. The largest absolute Gasteiger partial charge is 0.464 e. The van der Waals surface area contributed by atoms with Crippen LogP contribution in [0.25, 0.3) is 0 Å². The average molecular weight is 272 g/mol. The van der Waals surface area contributed by atoms with Crippen LogP contribution in [0.1, 0.15) is 0 Å². The van der Waals surface area contributed by atoms with Crippen molar-refractivity contribution in [2.45, 2.75) is 0 Å². The fraction of sp³-hybridized carbons (Fsp3) is 0.100. The molecule has 7 heteroatoms. The number of nitrogens with zero attached hydrogens (tertiary/aromatic N) is 2. The molecular weight excluding hydrogens is 265 g/mol. The van der Waals surface area contributed by atoms with Crippen LogP contribution in [-0.4, -0.2) is 18.8 Å². The van der Waals surface area contributed by atoms with Gasteiger partial charge in [0.1, 0.15) is 6.07 Å². The Balaban J connectivity index is 2.85. The smallest absolute Gasteiger partial charge is 0.369 e. The first kappa shape index (κ1) is 13.3. The highest BCUT2D eigenvalue weighted by molar-refractivity contribution is 6.43. The number of methoxy groups -OCH3 is 1. The SMILES string of the molecule is COC(=O)/C(C#N)=N/Nc1ccc(Cl)c(Cl)c1. The van der Waals surface area contributed by atoms with Crippen molar-refractivity contribution < 1.29 is 9.53 Å². The van der Waals surface area contributed by atoms with Gasteiger partial charge in [-0.2, -0.15) is 10.4 Å². The third kappa shape index (κ3) is 3.63. The lowest BCUT2D eigenvalue weighted by molar-refractivity contribution is -0.132. The quantitative estimate of drug-likeness (QED) is 0.521. The van der Waals surface area contributed by atoms with E-state index in [1.807, 2.05) is 0 Å². The van der Waals surface area contributed by atoms with Gasteiger partial charge in [0.2, 0.25) is 5.71 Å². The van der Waals surface area contributed by atoms with Crippen LogP contribution < -0.4 is 5.43 Å². The summed E-state index contributed by atoms with van der Waals surface area (Å²) >= 11 is 11.5. The maximum Gasteiger partial charge on any atom is 0.369 e. The van der Waals surface area contributed by atoms with E-state index < -0.39 is 11.7 Å². The summed E-state index contributed by atoms with van der Waals surface area (Å²) in [6.07, 6.45) is 0. The molecule has 0 bridgehead atoms.